The van der Waals surface area contributed by atoms with Crippen LogP contribution in [0.2, 0.25) is 0 Å². The van der Waals surface area contributed by atoms with Gasteiger partial charge >= 0.3 is 0 Å². The highest BCUT2D eigenvalue weighted by molar-refractivity contribution is 5.67. The van der Waals surface area contributed by atoms with E-state index in [0.717, 1.165) is 22.5 Å². The number of methoxy groups -OCH3 is 1. The Morgan fingerprint density at radius 1 is 1.18 bits per heavy atom. The highest BCUT2D eigenvalue weighted by Gasteiger charge is 2.06. The molecule has 0 aliphatic carbocycles. The molecule has 1 aromatic carbocycles. The Morgan fingerprint density at radius 2 is 2.05 bits per heavy atom. The number of phenols is 1. The zero-order valence-electron chi connectivity index (χ0n) is 12.3. The number of aromatic amines is 1. The molecule has 0 saturated carbocycles. The summed E-state index contributed by atoms with van der Waals surface area (Å²) in [6.45, 7) is 1.92. The summed E-state index contributed by atoms with van der Waals surface area (Å²) in [5.74, 6) is 1.51. The summed E-state index contributed by atoms with van der Waals surface area (Å²) in [4.78, 5) is 4.17. The average molecular weight is 296 g/mol. The van der Waals surface area contributed by atoms with Crippen LogP contribution in [-0.2, 0) is 0 Å². The van der Waals surface area contributed by atoms with E-state index < -0.39 is 0 Å². The number of anilines is 2. The predicted molar refractivity (Wildman–Crippen MR) is 84.5 cm³/mol. The number of nitrogens with one attached hydrogen (secondary N) is 2. The van der Waals surface area contributed by atoms with Gasteiger partial charge in [0.05, 0.1) is 12.8 Å². The van der Waals surface area contributed by atoms with Crippen molar-refractivity contribution in [2.24, 2.45) is 0 Å². The molecule has 2 heterocycles. The molecule has 22 heavy (non-hydrogen) atoms. The third-order valence-corrected chi connectivity index (χ3v) is 3.31. The van der Waals surface area contributed by atoms with Crippen molar-refractivity contribution < 1.29 is 9.84 Å². The van der Waals surface area contributed by atoms with E-state index in [2.05, 4.69) is 20.5 Å². The number of aromatic nitrogens is 3. The predicted octanol–water partition coefficient (Wildman–Crippen LogP) is 3.24. The number of pyridine rings is 1. The molecule has 3 rings (SSSR count). The molecule has 112 valence electrons. The maximum absolute atomic E-state index is 9.43. The summed E-state index contributed by atoms with van der Waals surface area (Å²) >= 11 is 0. The maximum Gasteiger partial charge on any atom is 0.212 e. The van der Waals surface area contributed by atoms with Crippen LogP contribution in [0.1, 0.15) is 5.56 Å². The van der Waals surface area contributed by atoms with Gasteiger partial charge in [-0.05, 0) is 36.8 Å². The SMILES string of the molecule is COc1ccc(-c2cc(Nc3ccc(O)cc3C)n[nH]2)cn1. The topological polar surface area (TPSA) is 83.1 Å². The second-order valence-corrected chi connectivity index (χ2v) is 4.88. The number of hydrogen-bond donors (Lipinski definition) is 3. The minimum atomic E-state index is 0.245. The molecule has 3 N–H and O–H groups in total. The van der Waals surface area contributed by atoms with Crippen molar-refractivity contribution >= 4 is 11.5 Å². The Bertz CT molecular complexity index is 781. The normalized spacial score (nSPS) is 10.5. The van der Waals surface area contributed by atoms with Crippen LogP contribution in [0.25, 0.3) is 11.3 Å². The summed E-state index contributed by atoms with van der Waals surface area (Å²) in [6, 6.07) is 10.8. The van der Waals surface area contributed by atoms with Crippen LogP contribution in [0, 0.1) is 6.92 Å². The van der Waals surface area contributed by atoms with Crippen LogP contribution < -0.4 is 10.1 Å². The first kappa shape index (κ1) is 13.9. The van der Waals surface area contributed by atoms with Gasteiger partial charge in [-0.25, -0.2) is 4.98 Å². The number of benzene rings is 1. The van der Waals surface area contributed by atoms with Gasteiger partial charge in [0.15, 0.2) is 5.82 Å². The lowest BCUT2D eigenvalue weighted by Crippen LogP contribution is -1.92. The van der Waals surface area contributed by atoms with Crippen LogP contribution in [-0.4, -0.2) is 27.4 Å². The zero-order valence-corrected chi connectivity index (χ0v) is 12.3. The van der Waals surface area contributed by atoms with Crippen molar-refractivity contribution in [3.63, 3.8) is 0 Å². The van der Waals surface area contributed by atoms with Crippen LogP contribution >= 0.6 is 0 Å². The molecule has 0 spiro atoms. The fourth-order valence-electron chi connectivity index (χ4n) is 2.12. The molecule has 0 aliphatic heterocycles. The third kappa shape index (κ3) is 2.85. The van der Waals surface area contributed by atoms with Gasteiger partial charge in [-0.2, -0.15) is 5.10 Å². The molecule has 0 fully saturated rings. The van der Waals surface area contributed by atoms with Gasteiger partial charge < -0.3 is 15.2 Å². The van der Waals surface area contributed by atoms with E-state index in [0.29, 0.717) is 11.7 Å². The molecule has 6 heteroatoms. The Hall–Kier alpha value is -3.02. The van der Waals surface area contributed by atoms with Gasteiger partial charge in [0.1, 0.15) is 5.75 Å². The fourth-order valence-corrected chi connectivity index (χ4v) is 2.12. The van der Waals surface area contributed by atoms with Gasteiger partial charge in [0.2, 0.25) is 5.88 Å². The van der Waals surface area contributed by atoms with Crippen molar-refractivity contribution in [2.45, 2.75) is 6.92 Å². The van der Waals surface area contributed by atoms with E-state index in [4.69, 9.17) is 4.74 Å². The molecular formula is C16H16N4O2. The third-order valence-electron chi connectivity index (χ3n) is 3.31. The highest BCUT2D eigenvalue weighted by Crippen LogP contribution is 2.25. The molecule has 0 bridgehead atoms. The fraction of sp³-hybridized carbons (Fsp3) is 0.125. The lowest BCUT2D eigenvalue weighted by atomic mass is 10.2. The van der Waals surface area contributed by atoms with E-state index in [1.807, 2.05) is 25.1 Å². The lowest BCUT2D eigenvalue weighted by Gasteiger charge is -2.06. The number of ether oxygens (including phenoxy) is 1. The van der Waals surface area contributed by atoms with Crippen molar-refractivity contribution in [2.75, 3.05) is 12.4 Å². The van der Waals surface area contributed by atoms with Gasteiger partial charge in [0.25, 0.3) is 0 Å². The monoisotopic (exact) mass is 296 g/mol. The Labute approximate surface area is 127 Å². The van der Waals surface area contributed by atoms with Crippen molar-refractivity contribution in [1.29, 1.82) is 0 Å². The number of rotatable bonds is 4. The summed E-state index contributed by atoms with van der Waals surface area (Å²) < 4.78 is 5.04. The summed E-state index contributed by atoms with van der Waals surface area (Å²) in [7, 11) is 1.58. The van der Waals surface area contributed by atoms with E-state index in [9.17, 15) is 5.11 Å². The van der Waals surface area contributed by atoms with Gasteiger partial charge in [-0.3, -0.25) is 5.10 Å². The summed E-state index contributed by atoms with van der Waals surface area (Å²) in [6.07, 6.45) is 1.72. The number of hydrogen-bond acceptors (Lipinski definition) is 5. The summed E-state index contributed by atoms with van der Waals surface area (Å²) in [5.41, 5.74) is 3.61. The molecule has 0 saturated heterocycles. The number of nitrogens with zero attached hydrogens (tertiary/aromatic N) is 2. The second-order valence-electron chi connectivity index (χ2n) is 4.88. The van der Waals surface area contributed by atoms with Crippen molar-refractivity contribution in [1.82, 2.24) is 15.2 Å². The van der Waals surface area contributed by atoms with Crippen LogP contribution in [0.15, 0.2) is 42.6 Å². The second kappa shape index (κ2) is 5.77. The van der Waals surface area contributed by atoms with Crippen molar-refractivity contribution in [3.05, 3.63) is 48.2 Å². The van der Waals surface area contributed by atoms with Crippen LogP contribution in [0.5, 0.6) is 11.6 Å². The van der Waals surface area contributed by atoms with Crippen LogP contribution in [0.3, 0.4) is 0 Å². The van der Waals surface area contributed by atoms with E-state index in [-0.39, 0.29) is 5.75 Å². The molecular weight excluding hydrogens is 280 g/mol. The minimum Gasteiger partial charge on any atom is -0.508 e. The lowest BCUT2D eigenvalue weighted by molar-refractivity contribution is 0.398. The molecule has 0 amide bonds. The number of aryl methyl sites for hydroxylation is 1. The van der Waals surface area contributed by atoms with E-state index in [1.54, 1.807) is 31.5 Å². The Balaban J connectivity index is 1.81. The average Bonchev–Trinajstić information content (AvgIpc) is 2.99. The molecule has 0 aliphatic rings. The Morgan fingerprint density at radius 3 is 2.73 bits per heavy atom. The molecule has 2 aromatic heterocycles. The highest BCUT2D eigenvalue weighted by atomic mass is 16.5. The maximum atomic E-state index is 9.43. The minimum absolute atomic E-state index is 0.245. The van der Waals surface area contributed by atoms with E-state index >= 15 is 0 Å². The molecule has 0 unspecified atom stereocenters. The largest absolute Gasteiger partial charge is 0.508 e. The standard InChI is InChI=1S/C16H16N4O2/c1-10-7-12(21)4-5-13(10)18-15-8-14(19-20-15)11-3-6-16(22-2)17-9-11/h3-9,21H,1-2H3,(H2,18,19,20). The molecule has 3 aromatic rings. The van der Waals surface area contributed by atoms with Gasteiger partial charge in [-0.15, -0.1) is 0 Å². The van der Waals surface area contributed by atoms with Gasteiger partial charge in [-0.1, -0.05) is 0 Å². The van der Waals surface area contributed by atoms with E-state index in [1.165, 1.54) is 0 Å². The number of H-pyrrole nitrogens is 1. The number of phenolic OH excluding ortho intramolecular Hbond substituents is 1. The molecule has 0 radical (unpaired) electrons. The quantitative estimate of drug-likeness (QED) is 0.644. The summed E-state index contributed by atoms with van der Waals surface area (Å²) in [5, 5.41) is 19.9. The van der Waals surface area contributed by atoms with Crippen LogP contribution in [0.4, 0.5) is 11.5 Å². The van der Waals surface area contributed by atoms with Crippen molar-refractivity contribution in [3.8, 4) is 22.9 Å². The first-order valence-electron chi connectivity index (χ1n) is 6.78. The Kier molecular flexibility index (Phi) is 3.65. The molecule has 6 nitrogen and oxygen atoms in total. The van der Waals surface area contributed by atoms with Gasteiger partial charge in [0, 0.05) is 29.6 Å². The zero-order chi connectivity index (χ0) is 15.5. The first-order valence-corrected chi connectivity index (χ1v) is 6.78. The number of aromatic hydroxyl groups is 1. The smallest absolute Gasteiger partial charge is 0.212 e. The molecule has 0 atom stereocenters. The first-order chi connectivity index (χ1) is 10.7.